The van der Waals surface area contributed by atoms with Gasteiger partial charge in [0.15, 0.2) is 5.13 Å². The van der Waals surface area contributed by atoms with Crippen LogP contribution in [0, 0.1) is 0 Å². The number of phenolic OH excluding ortho intramolecular Hbond substituents is 1. The first-order chi connectivity index (χ1) is 10.3. The quantitative estimate of drug-likeness (QED) is 0.896. The van der Waals surface area contributed by atoms with E-state index in [0.29, 0.717) is 22.1 Å². The van der Waals surface area contributed by atoms with Gasteiger partial charge in [0.25, 0.3) is 0 Å². The average molecular weight is 322 g/mol. The van der Waals surface area contributed by atoms with Gasteiger partial charge in [-0.05, 0) is 32.9 Å². The van der Waals surface area contributed by atoms with E-state index in [1.807, 2.05) is 0 Å². The van der Waals surface area contributed by atoms with E-state index in [2.05, 4.69) is 10.3 Å². The molecule has 0 fully saturated rings. The molecule has 7 heteroatoms. The Kier molecular flexibility index (Phi) is 4.56. The van der Waals surface area contributed by atoms with Crippen molar-refractivity contribution in [1.82, 2.24) is 4.98 Å². The molecule has 0 saturated carbocycles. The van der Waals surface area contributed by atoms with Gasteiger partial charge < -0.3 is 14.6 Å². The van der Waals surface area contributed by atoms with E-state index in [-0.39, 0.29) is 5.75 Å². The van der Waals surface area contributed by atoms with Crippen molar-refractivity contribution in [1.29, 1.82) is 0 Å². The number of carbonyl (C=O) groups is 1. The third-order valence-corrected chi connectivity index (χ3v) is 3.35. The maximum absolute atomic E-state index is 11.7. The number of nitrogens with one attached hydrogen (secondary N) is 1. The summed E-state index contributed by atoms with van der Waals surface area (Å²) in [5.74, 6) is 0.622. The highest BCUT2D eigenvalue weighted by Gasteiger charge is 2.18. The number of benzene rings is 1. The van der Waals surface area contributed by atoms with Crippen molar-refractivity contribution in [3.05, 3.63) is 23.6 Å². The predicted octanol–water partition coefficient (Wildman–Crippen LogP) is 3.87. The largest absolute Gasteiger partial charge is 0.507 e. The molecular formula is C15H18N2O4S. The molecule has 0 aliphatic heterocycles. The average Bonchev–Trinajstić information content (AvgIpc) is 2.84. The van der Waals surface area contributed by atoms with Gasteiger partial charge in [0.05, 0.1) is 12.8 Å². The maximum Gasteiger partial charge on any atom is 0.413 e. The normalized spacial score (nSPS) is 11.1. The number of nitrogens with zero attached hydrogens (tertiary/aromatic N) is 1. The molecule has 1 amide bonds. The lowest BCUT2D eigenvalue weighted by molar-refractivity contribution is 0.0636. The summed E-state index contributed by atoms with van der Waals surface area (Å²) in [6, 6.07) is 4.95. The van der Waals surface area contributed by atoms with Gasteiger partial charge in [-0.25, -0.2) is 9.78 Å². The Labute approximate surface area is 132 Å². The summed E-state index contributed by atoms with van der Waals surface area (Å²) in [7, 11) is 1.53. The van der Waals surface area contributed by atoms with Gasteiger partial charge in [-0.15, -0.1) is 11.3 Å². The summed E-state index contributed by atoms with van der Waals surface area (Å²) in [6.45, 7) is 5.36. The molecule has 6 nitrogen and oxygen atoms in total. The van der Waals surface area contributed by atoms with Crippen molar-refractivity contribution in [2.45, 2.75) is 26.4 Å². The number of ether oxygens (including phenoxy) is 2. The number of carbonyl (C=O) groups excluding carboxylic acids is 1. The van der Waals surface area contributed by atoms with Crippen LogP contribution >= 0.6 is 11.3 Å². The molecule has 1 aromatic carbocycles. The van der Waals surface area contributed by atoms with E-state index < -0.39 is 11.7 Å². The zero-order valence-corrected chi connectivity index (χ0v) is 13.7. The monoisotopic (exact) mass is 322 g/mol. The van der Waals surface area contributed by atoms with E-state index in [4.69, 9.17) is 9.47 Å². The Morgan fingerprint density at radius 1 is 1.36 bits per heavy atom. The first-order valence-electron chi connectivity index (χ1n) is 6.61. The summed E-state index contributed by atoms with van der Waals surface area (Å²) in [4.78, 5) is 16.0. The molecule has 2 N–H and O–H groups in total. The molecule has 0 aliphatic carbocycles. The van der Waals surface area contributed by atoms with E-state index in [1.54, 1.807) is 38.3 Å². The van der Waals surface area contributed by atoms with E-state index >= 15 is 0 Å². The third kappa shape index (κ3) is 4.11. The van der Waals surface area contributed by atoms with Gasteiger partial charge in [0.2, 0.25) is 0 Å². The minimum atomic E-state index is -0.571. The number of anilines is 1. The fraction of sp³-hybridized carbons (Fsp3) is 0.333. The molecule has 0 radical (unpaired) electrons. The molecule has 0 unspecified atom stereocenters. The maximum atomic E-state index is 11.7. The van der Waals surface area contributed by atoms with E-state index in [1.165, 1.54) is 24.5 Å². The number of thiazole rings is 1. The van der Waals surface area contributed by atoms with Gasteiger partial charge in [-0.2, -0.15) is 0 Å². The molecule has 0 bridgehead atoms. The molecule has 0 spiro atoms. The zero-order valence-electron chi connectivity index (χ0n) is 12.8. The van der Waals surface area contributed by atoms with Crippen molar-refractivity contribution >= 4 is 22.6 Å². The number of phenols is 1. The van der Waals surface area contributed by atoms with Gasteiger partial charge >= 0.3 is 6.09 Å². The molecule has 2 aromatic rings. The molecule has 0 aliphatic rings. The number of hydrogen-bond acceptors (Lipinski definition) is 6. The minimum absolute atomic E-state index is 0.0634. The van der Waals surface area contributed by atoms with Crippen LogP contribution in [0.1, 0.15) is 20.8 Å². The predicted molar refractivity (Wildman–Crippen MR) is 85.6 cm³/mol. The summed E-state index contributed by atoms with van der Waals surface area (Å²) in [6.07, 6.45) is -0.563. The third-order valence-electron chi connectivity index (χ3n) is 2.59. The van der Waals surface area contributed by atoms with E-state index in [0.717, 1.165) is 0 Å². The fourth-order valence-corrected chi connectivity index (χ4v) is 2.40. The van der Waals surface area contributed by atoms with Crippen LogP contribution in [0.2, 0.25) is 0 Å². The number of amides is 1. The number of methoxy groups -OCH3 is 1. The molecular weight excluding hydrogens is 304 g/mol. The van der Waals surface area contributed by atoms with Crippen molar-refractivity contribution in [2.24, 2.45) is 0 Å². The number of hydrogen-bond donors (Lipinski definition) is 2. The molecule has 1 heterocycles. The van der Waals surface area contributed by atoms with Crippen LogP contribution in [0.5, 0.6) is 11.5 Å². The highest BCUT2D eigenvalue weighted by molar-refractivity contribution is 7.14. The lowest BCUT2D eigenvalue weighted by atomic mass is 10.1. The minimum Gasteiger partial charge on any atom is -0.507 e. The summed E-state index contributed by atoms with van der Waals surface area (Å²) in [5.41, 5.74) is 0.559. The molecule has 0 atom stereocenters. The lowest BCUT2D eigenvalue weighted by Gasteiger charge is -2.18. The smallest absolute Gasteiger partial charge is 0.413 e. The Balaban J connectivity index is 2.13. The molecule has 0 saturated heterocycles. The van der Waals surface area contributed by atoms with Crippen LogP contribution in [0.15, 0.2) is 23.6 Å². The van der Waals surface area contributed by atoms with Crippen LogP contribution in [0.3, 0.4) is 0 Å². The fourth-order valence-electron chi connectivity index (χ4n) is 1.70. The standard InChI is InChI=1S/C15H18N2O4S/c1-15(2,3)21-14(19)17-13-16-11(8-22-13)10-6-5-9(20-4)7-12(10)18/h5-8,18H,1-4H3,(H,16,17,19). The van der Waals surface area contributed by atoms with Gasteiger partial charge in [-0.1, -0.05) is 0 Å². The van der Waals surface area contributed by atoms with Crippen LogP contribution < -0.4 is 10.1 Å². The van der Waals surface area contributed by atoms with E-state index in [9.17, 15) is 9.90 Å². The first-order valence-corrected chi connectivity index (χ1v) is 7.49. The lowest BCUT2D eigenvalue weighted by Crippen LogP contribution is -2.27. The molecule has 1 aromatic heterocycles. The second kappa shape index (κ2) is 6.23. The Bertz CT molecular complexity index is 676. The first kappa shape index (κ1) is 16.1. The van der Waals surface area contributed by atoms with Gasteiger partial charge in [0, 0.05) is 17.0 Å². The molecule has 22 heavy (non-hydrogen) atoms. The second-order valence-electron chi connectivity index (χ2n) is 5.55. The number of aromatic nitrogens is 1. The molecule has 118 valence electrons. The molecule has 2 rings (SSSR count). The topological polar surface area (TPSA) is 80.7 Å². The van der Waals surface area contributed by atoms with Crippen LogP contribution in [-0.2, 0) is 4.74 Å². The number of rotatable bonds is 3. The summed E-state index contributed by atoms with van der Waals surface area (Å²) in [5, 5.41) is 14.7. The van der Waals surface area contributed by atoms with Gasteiger partial charge in [-0.3, -0.25) is 5.32 Å². The SMILES string of the molecule is COc1ccc(-c2csc(NC(=O)OC(C)(C)C)n2)c(O)c1. The van der Waals surface area contributed by atoms with Crippen LogP contribution in [-0.4, -0.2) is 28.9 Å². The number of aromatic hydroxyl groups is 1. The van der Waals surface area contributed by atoms with Crippen molar-refractivity contribution in [3.8, 4) is 22.8 Å². The zero-order chi connectivity index (χ0) is 16.3. The highest BCUT2D eigenvalue weighted by Crippen LogP contribution is 2.34. The Morgan fingerprint density at radius 3 is 2.68 bits per heavy atom. The Hall–Kier alpha value is -2.28. The van der Waals surface area contributed by atoms with Gasteiger partial charge in [0.1, 0.15) is 17.1 Å². The van der Waals surface area contributed by atoms with Crippen molar-refractivity contribution in [2.75, 3.05) is 12.4 Å². The van der Waals surface area contributed by atoms with Crippen molar-refractivity contribution < 1.29 is 19.4 Å². The summed E-state index contributed by atoms with van der Waals surface area (Å²) < 4.78 is 10.2. The second-order valence-corrected chi connectivity index (χ2v) is 6.41. The van der Waals surface area contributed by atoms with Crippen LogP contribution in [0.4, 0.5) is 9.93 Å². The van der Waals surface area contributed by atoms with Crippen LogP contribution in [0.25, 0.3) is 11.3 Å². The summed E-state index contributed by atoms with van der Waals surface area (Å²) >= 11 is 1.25. The van der Waals surface area contributed by atoms with Crippen molar-refractivity contribution in [3.63, 3.8) is 0 Å². The Morgan fingerprint density at radius 2 is 2.09 bits per heavy atom. The highest BCUT2D eigenvalue weighted by atomic mass is 32.1.